The summed E-state index contributed by atoms with van der Waals surface area (Å²) in [5.74, 6) is -1.31. The lowest BCUT2D eigenvalue weighted by Crippen LogP contribution is -2.35. The Morgan fingerprint density at radius 2 is 1.79 bits per heavy atom. The zero-order chi connectivity index (χ0) is 14.8. The zero-order valence-electron chi connectivity index (χ0n) is 11.3. The number of nitrogens with zero attached hydrogens (tertiary/aromatic N) is 1. The van der Waals surface area contributed by atoms with Crippen molar-refractivity contribution in [1.29, 1.82) is 0 Å². The molecule has 1 saturated heterocycles. The maximum atomic E-state index is 12.4. The van der Waals surface area contributed by atoms with Crippen LogP contribution in [0.15, 0.2) is 0 Å². The second-order valence-corrected chi connectivity index (χ2v) is 5.91. The molecule has 0 spiro atoms. The smallest absolute Gasteiger partial charge is 0.410 e. The summed E-state index contributed by atoms with van der Waals surface area (Å²) in [7, 11) is 0. The van der Waals surface area contributed by atoms with Crippen molar-refractivity contribution in [2.75, 3.05) is 19.7 Å². The van der Waals surface area contributed by atoms with Gasteiger partial charge in [-0.25, -0.2) is 4.79 Å². The van der Waals surface area contributed by atoms with Crippen LogP contribution in [0.3, 0.4) is 0 Å². The molecule has 0 unspecified atom stereocenters. The largest absolute Gasteiger partial charge is 0.444 e. The standard InChI is InChI=1S/C12H20F3NO3/c1-11(2,3)19-10(18)16-5-8(4-12(13,14)15)9(6-16)7-17/h8-9,17H,4-7H2,1-3H3/t8-,9+/m1/s1. The summed E-state index contributed by atoms with van der Waals surface area (Å²) in [5, 5.41) is 9.12. The molecule has 1 N–H and O–H groups in total. The minimum Gasteiger partial charge on any atom is -0.444 e. The predicted molar refractivity (Wildman–Crippen MR) is 62.5 cm³/mol. The first-order valence-corrected chi connectivity index (χ1v) is 6.17. The van der Waals surface area contributed by atoms with Crippen molar-refractivity contribution in [3.63, 3.8) is 0 Å². The van der Waals surface area contributed by atoms with Crippen molar-refractivity contribution in [2.45, 2.75) is 39.0 Å². The van der Waals surface area contributed by atoms with Gasteiger partial charge >= 0.3 is 12.3 Å². The number of rotatable bonds is 2. The van der Waals surface area contributed by atoms with Gasteiger partial charge in [-0.1, -0.05) is 0 Å². The van der Waals surface area contributed by atoms with Crippen molar-refractivity contribution >= 4 is 6.09 Å². The molecule has 1 heterocycles. The van der Waals surface area contributed by atoms with Crippen LogP contribution in [0.5, 0.6) is 0 Å². The van der Waals surface area contributed by atoms with Crippen LogP contribution in [0.1, 0.15) is 27.2 Å². The molecule has 0 aliphatic carbocycles. The molecule has 0 aromatic heterocycles. The highest BCUT2D eigenvalue weighted by atomic mass is 19.4. The Hall–Kier alpha value is -0.980. The first-order chi connectivity index (χ1) is 8.52. The van der Waals surface area contributed by atoms with E-state index in [9.17, 15) is 18.0 Å². The average molecular weight is 283 g/mol. The molecule has 1 aliphatic heterocycles. The van der Waals surface area contributed by atoms with Crippen LogP contribution >= 0.6 is 0 Å². The van der Waals surface area contributed by atoms with Gasteiger partial charge in [-0.2, -0.15) is 13.2 Å². The number of aliphatic hydroxyl groups is 1. The number of likely N-dealkylation sites (tertiary alicyclic amines) is 1. The van der Waals surface area contributed by atoms with Gasteiger partial charge < -0.3 is 14.7 Å². The summed E-state index contributed by atoms with van der Waals surface area (Å²) in [5.41, 5.74) is -0.687. The summed E-state index contributed by atoms with van der Waals surface area (Å²) in [6.45, 7) is 4.79. The average Bonchev–Trinajstić information content (AvgIpc) is 2.55. The molecular formula is C12H20F3NO3. The third-order valence-corrected chi connectivity index (χ3v) is 2.96. The zero-order valence-corrected chi connectivity index (χ0v) is 11.3. The number of ether oxygens (including phenoxy) is 1. The Morgan fingerprint density at radius 1 is 1.26 bits per heavy atom. The first-order valence-electron chi connectivity index (χ1n) is 6.17. The fourth-order valence-corrected chi connectivity index (χ4v) is 2.15. The Kier molecular flexibility index (Phi) is 4.71. The lowest BCUT2D eigenvalue weighted by molar-refractivity contribution is -0.146. The van der Waals surface area contributed by atoms with Gasteiger partial charge in [0.15, 0.2) is 0 Å². The molecule has 7 heteroatoms. The predicted octanol–water partition coefficient (Wildman–Crippen LogP) is 2.41. The van der Waals surface area contributed by atoms with E-state index in [1.165, 1.54) is 4.90 Å². The minimum atomic E-state index is -4.29. The van der Waals surface area contributed by atoms with Crippen LogP contribution in [0.4, 0.5) is 18.0 Å². The van der Waals surface area contributed by atoms with E-state index in [0.29, 0.717) is 0 Å². The van der Waals surface area contributed by atoms with Gasteiger partial charge in [0.2, 0.25) is 0 Å². The normalized spacial score (nSPS) is 24.7. The van der Waals surface area contributed by atoms with E-state index < -0.39 is 36.1 Å². The van der Waals surface area contributed by atoms with Gasteiger partial charge in [0.1, 0.15) is 5.60 Å². The molecule has 0 aromatic carbocycles. The van der Waals surface area contributed by atoms with Crippen molar-refractivity contribution in [1.82, 2.24) is 4.90 Å². The van der Waals surface area contributed by atoms with Crippen LogP contribution in [-0.2, 0) is 4.74 Å². The second-order valence-electron chi connectivity index (χ2n) is 5.91. The van der Waals surface area contributed by atoms with Crippen LogP contribution in [0, 0.1) is 11.8 Å². The number of carbonyl (C=O) groups is 1. The third-order valence-electron chi connectivity index (χ3n) is 2.96. The van der Waals surface area contributed by atoms with E-state index in [2.05, 4.69) is 0 Å². The number of alkyl halides is 3. The van der Waals surface area contributed by atoms with Crippen LogP contribution in [0.25, 0.3) is 0 Å². The number of halogens is 3. The number of aliphatic hydroxyl groups excluding tert-OH is 1. The van der Waals surface area contributed by atoms with E-state index in [4.69, 9.17) is 9.84 Å². The Morgan fingerprint density at radius 3 is 2.21 bits per heavy atom. The van der Waals surface area contributed by atoms with E-state index in [0.717, 1.165) is 0 Å². The highest BCUT2D eigenvalue weighted by Gasteiger charge is 2.42. The van der Waals surface area contributed by atoms with Crippen molar-refractivity contribution < 1.29 is 27.8 Å². The van der Waals surface area contributed by atoms with Crippen LogP contribution in [0.2, 0.25) is 0 Å². The number of amides is 1. The Balaban J connectivity index is 2.63. The molecular weight excluding hydrogens is 263 g/mol. The second kappa shape index (κ2) is 5.56. The maximum Gasteiger partial charge on any atom is 0.410 e. The van der Waals surface area contributed by atoms with Gasteiger partial charge in [-0.3, -0.25) is 0 Å². The Labute approximate surface area is 110 Å². The van der Waals surface area contributed by atoms with Crippen molar-refractivity contribution in [2.24, 2.45) is 11.8 Å². The fourth-order valence-electron chi connectivity index (χ4n) is 2.15. The van der Waals surface area contributed by atoms with E-state index >= 15 is 0 Å². The molecule has 112 valence electrons. The molecule has 0 radical (unpaired) electrons. The fraction of sp³-hybridized carbons (Fsp3) is 0.917. The van der Waals surface area contributed by atoms with Gasteiger partial charge in [-0.15, -0.1) is 0 Å². The van der Waals surface area contributed by atoms with Crippen molar-refractivity contribution in [3.8, 4) is 0 Å². The number of carbonyl (C=O) groups excluding carboxylic acids is 1. The van der Waals surface area contributed by atoms with E-state index in [1.54, 1.807) is 20.8 Å². The lowest BCUT2D eigenvalue weighted by atomic mass is 9.93. The van der Waals surface area contributed by atoms with Crippen LogP contribution < -0.4 is 0 Å². The highest BCUT2D eigenvalue weighted by Crippen LogP contribution is 2.34. The molecule has 1 aliphatic rings. The quantitative estimate of drug-likeness (QED) is 0.846. The lowest BCUT2D eigenvalue weighted by Gasteiger charge is -2.24. The molecule has 1 amide bonds. The summed E-state index contributed by atoms with van der Waals surface area (Å²) in [4.78, 5) is 13.0. The van der Waals surface area contributed by atoms with E-state index in [1.807, 2.05) is 0 Å². The minimum absolute atomic E-state index is 0.0281. The van der Waals surface area contributed by atoms with Gasteiger partial charge in [0.05, 0.1) is 0 Å². The molecule has 0 bridgehead atoms. The summed E-state index contributed by atoms with van der Waals surface area (Å²) in [6.07, 6.45) is -5.91. The topological polar surface area (TPSA) is 49.8 Å². The van der Waals surface area contributed by atoms with Gasteiger partial charge in [-0.05, 0) is 26.7 Å². The third kappa shape index (κ3) is 5.26. The maximum absolute atomic E-state index is 12.4. The Bertz CT molecular complexity index is 325. The molecule has 19 heavy (non-hydrogen) atoms. The summed E-state index contributed by atoms with van der Waals surface area (Å²) >= 11 is 0. The molecule has 0 aromatic rings. The first kappa shape index (κ1) is 16.1. The molecule has 4 nitrogen and oxygen atoms in total. The highest BCUT2D eigenvalue weighted by molar-refractivity contribution is 5.68. The van der Waals surface area contributed by atoms with Gasteiger partial charge in [0.25, 0.3) is 0 Å². The monoisotopic (exact) mass is 283 g/mol. The SMILES string of the molecule is CC(C)(C)OC(=O)N1C[C@@H](CO)[C@H](CC(F)(F)F)C1. The number of hydrogen-bond acceptors (Lipinski definition) is 3. The van der Waals surface area contributed by atoms with E-state index in [-0.39, 0.29) is 19.7 Å². The number of hydrogen-bond donors (Lipinski definition) is 1. The van der Waals surface area contributed by atoms with Gasteiger partial charge in [0, 0.05) is 32.0 Å². The summed E-state index contributed by atoms with van der Waals surface area (Å²) < 4.78 is 42.3. The summed E-state index contributed by atoms with van der Waals surface area (Å²) in [6, 6.07) is 0. The molecule has 1 fully saturated rings. The van der Waals surface area contributed by atoms with Crippen molar-refractivity contribution in [3.05, 3.63) is 0 Å². The molecule has 1 rings (SSSR count). The molecule has 0 saturated carbocycles. The van der Waals surface area contributed by atoms with Crippen LogP contribution in [-0.4, -0.2) is 47.6 Å². The molecule has 2 atom stereocenters.